The van der Waals surface area contributed by atoms with Gasteiger partial charge in [0.2, 0.25) is 0 Å². The van der Waals surface area contributed by atoms with Crippen LogP contribution < -0.4 is 5.73 Å². The normalized spacial score (nSPS) is 16.9. The van der Waals surface area contributed by atoms with E-state index in [2.05, 4.69) is 22.6 Å². The molecule has 1 heterocycles. The van der Waals surface area contributed by atoms with Crippen molar-refractivity contribution in [3.05, 3.63) is 32.9 Å². The molecular formula is C14H19IN2O. The number of benzene rings is 1. The van der Waals surface area contributed by atoms with Gasteiger partial charge < -0.3 is 10.6 Å². The first kappa shape index (κ1) is 13.8. The number of hydrogen-bond acceptors (Lipinski definition) is 2. The molecule has 0 radical (unpaired) electrons. The number of hydrogen-bond donors (Lipinski definition) is 1. The van der Waals surface area contributed by atoms with E-state index in [1.807, 2.05) is 30.0 Å². The molecule has 18 heavy (non-hydrogen) atoms. The van der Waals surface area contributed by atoms with Gasteiger partial charge >= 0.3 is 0 Å². The third kappa shape index (κ3) is 3.03. The average Bonchev–Trinajstić information content (AvgIpc) is 2.41. The van der Waals surface area contributed by atoms with Crippen molar-refractivity contribution in [2.75, 3.05) is 19.6 Å². The maximum Gasteiger partial charge on any atom is 0.254 e. The van der Waals surface area contributed by atoms with Crippen LogP contribution in [0, 0.1) is 16.4 Å². The minimum absolute atomic E-state index is 0.165. The van der Waals surface area contributed by atoms with Gasteiger partial charge in [-0.25, -0.2) is 0 Å². The molecule has 0 bridgehead atoms. The van der Waals surface area contributed by atoms with Crippen LogP contribution in [0.25, 0.3) is 0 Å². The van der Waals surface area contributed by atoms with Gasteiger partial charge in [0.15, 0.2) is 0 Å². The van der Waals surface area contributed by atoms with E-state index >= 15 is 0 Å². The highest BCUT2D eigenvalue weighted by Gasteiger charge is 2.23. The Morgan fingerprint density at radius 1 is 1.44 bits per heavy atom. The first-order valence-corrected chi connectivity index (χ1v) is 7.45. The van der Waals surface area contributed by atoms with Crippen LogP contribution in [0.4, 0.5) is 0 Å². The van der Waals surface area contributed by atoms with E-state index in [9.17, 15) is 4.79 Å². The molecule has 0 spiro atoms. The smallest absolute Gasteiger partial charge is 0.254 e. The van der Waals surface area contributed by atoms with Gasteiger partial charge in [0.25, 0.3) is 5.91 Å². The standard InChI is InChI=1S/C14H19IN2O/c1-10-2-3-13(15)12(8-10)14(18)17-6-4-11(9-16)5-7-17/h2-3,8,11H,4-7,9,16H2,1H3. The van der Waals surface area contributed by atoms with Crippen LogP contribution in [-0.4, -0.2) is 30.4 Å². The molecule has 0 unspecified atom stereocenters. The lowest BCUT2D eigenvalue weighted by molar-refractivity contribution is 0.0692. The summed E-state index contributed by atoms with van der Waals surface area (Å²) in [5.41, 5.74) is 7.65. The molecule has 1 aromatic carbocycles. The lowest BCUT2D eigenvalue weighted by Crippen LogP contribution is -2.40. The van der Waals surface area contributed by atoms with E-state index in [1.165, 1.54) is 0 Å². The number of nitrogens with zero attached hydrogens (tertiary/aromatic N) is 1. The molecule has 1 aliphatic rings. The quantitative estimate of drug-likeness (QED) is 0.826. The van der Waals surface area contributed by atoms with Crippen LogP contribution >= 0.6 is 22.6 Å². The Hall–Kier alpha value is -0.620. The highest BCUT2D eigenvalue weighted by molar-refractivity contribution is 14.1. The summed E-state index contributed by atoms with van der Waals surface area (Å²) in [6, 6.07) is 6.04. The fourth-order valence-electron chi connectivity index (χ4n) is 2.35. The maximum atomic E-state index is 12.5. The van der Waals surface area contributed by atoms with Crippen LogP contribution in [0.15, 0.2) is 18.2 Å². The number of amides is 1. The summed E-state index contributed by atoms with van der Waals surface area (Å²) in [4.78, 5) is 14.4. The monoisotopic (exact) mass is 358 g/mol. The van der Waals surface area contributed by atoms with Crippen molar-refractivity contribution >= 4 is 28.5 Å². The van der Waals surface area contributed by atoms with Gasteiger partial charge in [-0.2, -0.15) is 0 Å². The molecule has 2 rings (SSSR count). The first-order valence-electron chi connectivity index (χ1n) is 6.37. The molecular weight excluding hydrogens is 339 g/mol. The average molecular weight is 358 g/mol. The van der Waals surface area contributed by atoms with Gasteiger partial charge in [0.05, 0.1) is 5.56 Å². The number of nitrogens with two attached hydrogens (primary N) is 1. The molecule has 0 aliphatic carbocycles. The lowest BCUT2D eigenvalue weighted by atomic mass is 9.96. The number of carbonyl (C=O) groups is 1. The topological polar surface area (TPSA) is 46.3 Å². The molecule has 1 aliphatic heterocycles. The van der Waals surface area contributed by atoms with Gasteiger partial charge in [-0.1, -0.05) is 11.6 Å². The van der Waals surface area contributed by atoms with Gasteiger partial charge in [-0.05, 0) is 67.0 Å². The number of piperidine rings is 1. The third-order valence-electron chi connectivity index (χ3n) is 3.59. The molecule has 2 N–H and O–H groups in total. The largest absolute Gasteiger partial charge is 0.339 e. The van der Waals surface area contributed by atoms with E-state index < -0.39 is 0 Å². The first-order chi connectivity index (χ1) is 8.61. The van der Waals surface area contributed by atoms with Gasteiger partial charge in [0.1, 0.15) is 0 Å². The lowest BCUT2D eigenvalue weighted by Gasteiger charge is -2.31. The molecule has 3 nitrogen and oxygen atoms in total. The Kier molecular flexibility index (Phi) is 4.61. The zero-order valence-corrected chi connectivity index (χ0v) is 12.8. The summed E-state index contributed by atoms with van der Waals surface area (Å²) >= 11 is 2.23. The Morgan fingerprint density at radius 2 is 2.11 bits per heavy atom. The SMILES string of the molecule is Cc1ccc(I)c(C(=O)N2CCC(CN)CC2)c1. The van der Waals surface area contributed by atoms with Crippen molar-refractivity contribution in [1.82, 2.24) is 4.90 Å². The highest BCUT2D eigenvalue weighted by Crippen LogP contribution is 2.21. The maximum absolute atomic E-state index is 12.5. The summed E-state index contributed by atoms with van der Waals surface area (Å²) in [5, 5.41) is 0. The van der Waals surface area contributed by atoms with Crippen LogP contribution in [0.1, 0.15) is 28.8 Å². The number of halogens is 1. The number of carbonyl (C=O) groups excluding carboxylic acids is 1. The van der Waals surface area contributed by atoms with Gasteiger partial charge in [-0.15, -0.1) is 0 Å². The summed E-state index contributed by atoms with van der Waals surface area (Å²) < 4.78 is 1.03. The second-order valence-electron chi connectivity index (χ2n) is 4.95. The zero-order chi connectivity index (χ0) is 13.1. The fourth-order valence-corrected chi connectivity index (χ4v) is 2.91. The molecule has 1 fully saturated rings. The molecule has 4 heteroatoms. The van der Waals surface area contributed by atoms with E-state index in [0.717, 1.165) is 47.2 Å². The molecule has 0 aromatic heterocycles. The number of aryl methyl sites for hydroxylation is 1. The highest BCUT2D eigenvalue weighted by atomic mass is 127. The number of likely N-dealkylation sites (tertiary alicyclic amines) is 1. The summed E-state index contributed by atoms with van der Waals surface area (Å²) in [7, 11) is 0. The molecule has 0 atom stereocenters. The van der Waals surface area contributed by atoms with E-state index in [0.29, 0.717) is 5.92 Å². The predicted octanol–water partition coefficient (Wildman–Crippen LogP) is 2.41. The Labute approximate surface area is 122 Å². The van der Waals surface area contributed by atoms with Crippen LogP contribution in [-0.2, 0) is 0 Å². The van der Waals surface area contributed by atoms with Crippen LogP contribution in [0.2, 0.25) is 0 Å². The van der Waals surface area contributed by atoms with Crippen molar-refractivity contribution in [1.29, 1.82) is 0 Å². The van der Waals surface area contributed by atoms with E-state index in [-0.39, 0.29) is 5.91 Å². The zero-order valence-electron chi connectivity index (χ0n) is 10.7. The summed E-state index contributed by atoms with van der Waals surface area (Å²) in [6.45, 7) is 4.44. The van der Waals surface area contributed by atoms with Crippen molar-refractivity contribution in [3.63, 3.8) is 0 Å². The van der Waals surface area contributed by atoms with Crippen molar-refractivity contribution in [3.8, 4) is 0 Å². The van der Waals surface area contributed by atoms with Gasteiger partial charge in [0, 0.05) is 16.7 Å². The predicted molar refractivity (Wildman–Crippen MR) is 81.6 cm³/mol. The summed E-state index contributed by atoms with van der Waals surface area (Å²) in [5.74, 6) is 0.754. The van der Waals surface area contributed by atoms with Crippen LogP contribution in [0.3, 0.4) is 0 Å². The second kappa shape index (κ2) is 6.02. The van der Waals surface area contributed by atoms with Crippen molar-refractivity contribution in [2.45, 2.75) is 19.8 Å². The van der Waals surface area contributed by atoms with E-state index in [1.54, 1.807) is 0 Å². The molecule has 1 amide bonds. The molecule has 98 valence electrons. The summed E-state index contributed by atoms with van der Waals surface area (Å²) in [6.07, 6.45) is 2.06. The molecule has 0 saturated carbocycles. The van der Waals surface area contributed by atoms with Crippen LogP contribution in [0.5, 0.6) is 0 Å². The second-order valence-corrected chi connectivity index (χ2v) is 6.12. The molecule has 1 aromatic rings. The Bertz CT molecular complexity index is 439. The minimum atomic E-state index is 0.165. The fraction of sp³-hybridized carbons (Fsp3) is 0.500. The minimum Gasteiger partial charge on any atom is -0.339 e. The molecule has 1 saturated heterocycles. The third-order valence-corrected chi connectivity index (χ3v) is 4.53. The Balaban J connectivity index is 2.10. The van der Waals surface area contributed by atoms with Gasteiger partial charge in [-0.3, -0.25) is 4.79 Å². The van der Waals surface area contributed by atoms with E-state index in [4.69, 9.17) is 5.73 Å². The van der Waals surface area contributed by atoms with Crippen molar-refractivity contribution in [2.24, 2.45) is 11.7 Å². The Morgan fingerprint density at radius 3 is 2.72 bits per heavy atom. The van der Waals surface area contributed by atoms with Crippen molar-refractivity contribution < 1.29 is 4.79 Å². The number of rotatable bonds is 2.